The molecule has 0 fully saturated rings. The topological polar surface area (TPSA) is 86.7 Å². The highest BCUT2D eigenvalue weighted by Gasteiger charge is 2.41. The van der Waals surface area contributed by atoms with Crippen molar-refractivity contribution < 1.29 is 28.7 Å². The average Bonchev–Trinajstić information content (AvgIpc) is 2.75. The molecule has 0 aliphatic heterocycles. The summed E-state index contributed by atoms with van der Waals surface area (Å²) in [6.07, 6.45) is 0. The number of ketones is 4. The number of carbonyl (C=O) groups excluding carboxylic acids is 4. The van der Waals surface area contributed by atoms with Gasteiger partial charge in [0.05, 0.1) is 29.8 Å². The summed E-state index contributed by atoms with van der Waals surface area (Å²) in [4.78, 5) is 52.3. The maximum Gasteiger partial charge on any atom is 0.229 e. The molecule has 0 amide bonds. The molecule has 2 aromatic rings. The molecule has 29 heavy (non-hydrogen) atoms. The molecule has 0 heterocycles. The van der Waals surface area contributed by atoms with Crippen molar-refractivity contribution in [2.24, 2.45) is 0 Å². The summed E-state index contributed by atoms with van der Waals surface area (Å²) in [6, 6.07) is 10.8. The lowest BCUT2D eigenvalue weighted by Crippen LogP contribution is -2.29. The van der Waals surface area contributed by atoms with Gasteiger partial charge in [-0.05, 0) is 34.1 Å². The van der Waals surface area contributed by atoms with Crippen LogP contribution in [0.5, 0.6) is 5.75 Å². The van der Waals surface area contributed by atoms with Crippen LogP contribution < -0.4 is 4.74 Å². The summed E-state index contributed by atoms with van der Waals surface area (Å²) in [6.45, 7) is 0. The summed E-state index contributed by atoms with van der Waals surface area (Å²) < 4.78 is 10.2. The lowest BCUT2D eigenvalue weighted by atomic mass is 9.79. The zero-order valence-corrected chi connectivity index (χ0v) is 17.0. The van der Waals surface area contributed by atoms with Gasteiger partial charge in [-0.25, -0.2) is 0 Å². The molecule has 7 heteroatoms. The lowest BCUT2D eigenvalue weighted by Gasteiger charge is -2.24. The minimum atomic E-state index is -0.556. The Morgan fingerprint density at radius 3 is 1.86 bits per heavy atom. The molecule has 4 rings (SSSR count). The van der Waals surface area contributed by atoms with Crippen LogP contribution >= 0.6 is 15.9 Å². The third-order valence-electron chi connectivity index (χ3n) is 4.89. The van der Waals surface area contributed by atoms with Gasteiger partial charge in [-0.3, -0.25) is 19.2 Å². The quantitative estimate of drug-likeness (QED) is 0.705. The fourth-order valence-electron chi connectivity index (χ4n) is 3.50. The number of benzene rings is 2. The largest absolute Gasteiger partial charge is 0.497 e. The number of Topliss-reactive ketones (excluding diaryl/α,β-unsaturated/α-hetero) is 4. The van der Waals surface area contributed by atoms with Gasteiger partial charge < -0.3 is 9.47 Å². The van der Waals surface area contributed by atoms with Crippen molar-refractivity contribution in [2.75, 3.05) is 14.2 Å². The molecule has 0 unspecified atom stereocenters. The minimum absolute atomic E-state index is 0.103. The average molecular weight is 453 g/mol. The van der Waals surface area contributed by atoms with Crippen LogP contribution in [-0.2, 0) is 4.74 Å². The molecule has 144 valence electrons. The van der Waals surface area contributed by atoms with Crippen LogP contribution in [0, 0.1) is 0 Å². The fraction of sp³-hybridized carbons (Fsp3) is 0.0909. The van der Waals surface area contributed by atoms with E-state index in [9.17, 15) is 19.2 Å². The molecule has 0 atom stereocenters. The Labute approximate surface area is 173 Å². The van der Waals surface area contributed by atoms with E-state index >= 15 is 0 Å². The Kier molecular flexibility index (Phi) is 4.55. The van der Waals surface area contributed by atoms with Crippen molar-refractivity contribution >= 4 is 39.1 Å². The third kappa shape index (κ3) is 2.69. The number of ether oxygens (including phenoxy) is 2. The summed E-state index contributed by atoms with van der Waals surface area (Å²) >= 11 is 3.17. The Bertz CT molecular complexity index is 1200. The zero-order valence-electron chi connectivity index (χ0n) is 15.4. The molecule has 0 saturated heterocycles. The Morgan fingerprint density at radius 1 is 0.655 bits per heavy atom. The molecule has 2 aliphatic rings. The standard InChI is InChI=1S/C22H13BrO6/c1-28-10-7-8-13-14(9-10)20(26)17(23)15(18(13)24)16-19(25)11-5-3-4-6-12(11)21(27)22(16)29-2/h3-9H,1-2H3. The highest BCUT2D eigenvalue weighted by molar-refractivity contribution is 9.12. The van der Waals surface area contributed by atoms with E-state index in [0.717, 1.165) is 0 Å². The number of halogens is 1. The molecule has 2 aromatic carbocycles. The van der Waals surface area contributed by atoms with Gasteiger partial charge >= 0.3 is 0 Å². The van der Waals surface area contributed by atoms with E-state index in [4.69, 9.17) is 9.47 Å². The second kappa shape index (κ2) is 6.93. The number of rotatable bonds is 3. The first-order valence-electron chi connectivity index (χ1n) is 8.55. The van der Waals surface area contributed by atoms with Gasteiger partial charge in [0.1, 0.15) is 5.75 Å². The number of fused-ring (bicyclic) bond motifs is 2. The summed E-state index contributed by atoms with van der Waals surface area (Å²) in [7, 11) is 2.70. The highest BCUT2D eigenvalue weighted by atomic mass is 79.9. The first-order chi connectivity index (χ1) is 13.9. The normalized spacial score (nSPS) is 16.1. The van der Waals surface area contributed by atoms with Crippen molar-refractivity contribution in [2.45, 2.75) is 0 Å². The number of methoxy groups -OCH3 is 2. The minimum Gasteiger partial charge on any atom is -0.497 e. The molecule has 0 N–H and O–H groups in total. The van der Waals surface area contributed by atoms with Crippen LogP contribution in [0.4, 0.5) is 0 Å². The predicted octanol–water partition coefficient (Wildman–Crippen LogP) is 3.70. The Morgan fingerprint density at radius 2 is 1.24 bits per heavy atom. The van der Waals surface area contributed by atoms with Gasteiger partial charge in [0.25, 0.3) is 0 Å². The van der Waals surface area contributed by atoms with Crippen molar-refractivity contribution in [3.8, 4) is 5.75 Å². The lowest BCUT2D eigenvalue weighted by molar-refractivity contribution is 0.0901. The first kappa shape index (κ1) is 19.0. The number of hydrogen-bond donors (Lipinski definition) is 0. The van der Waals surface area contributed by atoms with Crippen LogP contribution in [0.25, 0.3) is 0 Å². The molecular formula is C22H13BrO6. The van der Waals surface area contributed by atoms with E-state index < -0.39 is 23.1 Å². The van der Waals surface area contributed by atoms with Crippen molar-refractivity contribution in [3.63, 3.8) is 0 Å². The van der Waals surface area contributed by atoms with Crippen molar-refractivity contribution in [1.82, 2.24) is 0 Å². The van der Waals surface area contributed by atoms with Gasteiger partial charge in [0.15, 0.2) is 17.3 Å². The van der Waals surface area contributed by atoms with Crippen molar-refractivity contribution in [1.29, 1.82) is 0 Å². The van der Waals surface area contributed by atoms with Gasteiger partial charge in [-0.2, -0.15) is 0 Å². The first-order valence-corrected chi connectivity index (χ1v) is 9.34. The monoisotopic (exact) mass is 452 g/mol. The molecule has 0 saturated carbocycles. The second-order valence-corrected chi connectivity index (χ2v) is 7.16. The van der Waals surface area contributed by atoms with Gasteiger partial charge in [0.2, 0.25) is 11.6 Å². The van der Waals surface area contributed by atoms with Crippen molar-refractivity contribution in [3.05, 3.63) is 86.1 Å². The maximum absolute atomic E-state index is 13.3. The van der Waals surface area contributed by atoms with E-state index in [-0.39, 0.29) is 43.6 Å². The van der Waals surface area contributed by atoms with Crippen LogP contribution in [0.15, 0.2) is 63.9 Å². The zero-order chi connectivity index (χ0) is 20.9. The molecular weight excluding hydrogens is 440 g/mol. The number of allylic oxidation sites excluding steroid dienone is 4. The Hall–Kier alpha value is -3.32. The van der Waals surface area contributed by atoms with E-state index in [1.807, 2.05) is 0 Å². The van der Waals surface area contributed by atoms with Crippen LogP contribution in [0.2, 0.25) is 0 Å². The third-order valence-corrected chi connectivity index (χ3v) is 5.65. The molecule has 0 spiro atoms. The van der Waals surface area contributed by atoms with Crippen LogP contribution in [0.1, 0.15) is 41.4 Å². The van der Waals surface area contributed by atoms with E-state index in [2.05, 4.69) is 15.9 Å². The Balaban J connectivity index is 1.97. The van der Waals surface area contributed by atoms with Gasteiger partial charge in [-0.15, -0.1) is 0 Å². The predicted molar refractivity (Wildman–Crippen MR) is 107 cm³/mol. The van der Waals surface area contributed by atoms with Gasteiger partial charge in [-0.1, -0.05) is 24.3 Å². The number of hydrogen-bond acceptors (Lipinski definition) is 6. The van der Waals surface area contributed by atoms with Crippen LogP contribution in [-0.4, -0.2) is 37.4 Å². The molecule has 6 nitrogen and oxygen atoms in total. The molecule has 0 bridgehead atoms. The number of carbonyl (C=O) groups is 4. The molecule has 0 aromatic heterocycles. The summed E-state index contributed by atoms with van der Waals surface area (Å²) in [5.74, 6) is -1.97. The van der Waals surface area contributed by atoms with Gasteiger partial charge in [0, 0.05) is 22.3 Å². The summed E-state index contributed by atoms with van der Waals surface area (Å²) in [5, 5.41) is 0. The summed E-state index contributed by atoms with van der Waals surface area (Å²) in [5.41, 5.74) is 0.215. The van der Waals surface area contributed by atoms with E-state index in [0.29, 0.717) is 5.75 Å². The molecule has 0 radical (unpaired) electrons. The SMILES string of the molecule is COC1=C(C2=C(Br)C(=O)c3cc(OC)ccc3C2=O)C(=O)c2ccccc2C1=O. The van der Waals surface area contributed by atoms with E-state index in [1.165, 1.54) is 38.5 Å². The highest BCUT2D eigenvalue weighted by Crippen LogP contribution is 2.39. The second-order valence-electron chi connectivity index (χ2n) is 6.37. The smallest absolute Gasteiger partial charge is 0.229 e. The van der Waals surface area contributed by atoms with E-state index in [1.54, 1.807) is 18.2 Å². The van der Waals surface area contributed by atoms with Crippen LogP contribution in [0.3, 0.4) is 0 Å². The fourth-order valence-corrected chi connectivity index (χ4v) is 4.09. The molecule has 2 aliphatic carbocycles. The maximum atomic E-state index is 13.3.